The van der Waals surface area contributed by atoms with E-state index < -0.39 is 23.3 Å². The first kappa shape index (κ1) is 16.1. The van der Waals surface area contributed by atoms with E-state index >= 15 is 0 Å². The van der Waals surface area contributed by atoms with E-state index in [1.807, 2.05) is 6.92 Å². The van der Waals surface area contributed by atoms with Crippen molar-refractivity contribution in [3.63, 3.8) is 0 Å². The number of imide groups is 1. The second-order valence-corrected chi connectivity index (χ2v) is 5.55. The van der Waals surface area contributed by atoms with Crippen LogP contribution in [-0.4, -0.2) is 27.0 Å². The number of nitrogens with zero attached hydrogens (tertiary/aromatic N) is 3. The Labute approximate surface area is 137 Å². The molecule has 0 saturated carbocycles. The van der Waals surface area contributed by atoms with Gasteiger partial charge in [0.15, 0.2) is 5.82 Å². The predicted molar refractivity (Wildman–Crippen MR) is 81.1 cm³/mol. The molecule has 126 valence electrons. The third-order valence-corrected chi connectivity index (χ3v) is 4.16. The van der Waals surface area contributed by atoms with Gasteiger partial charge >= 0.3 is 6.03 Å². The number of urea groups is 1. The molecule has 3 rings (SSSR count). The van der Waals surface area contributed by atoms with Gasteiger partial charge < -0.3 is 9.84 Å². The van der Waals surface area contributed by atoms with Gasteiger partial charge in [0, 0.05) is 6.42 Å². The van der Waals surface area contributed by atoms with Crippen LogP contribution in [0, 0.1) is 5.82 Å². The molecule has 0 radical (unpaired) electrons. The normalized spacial score (nSPS) is 20.5. The summed E-state index contributed by atoms with van der Waals surface area (Å²) in [5.74, 6) is -0.117. The van der Waals surface area contributed by atoms with Gasteiger partial charge in [-0.2, -0.15) is 4.98 Å². The quantitative estimate of drug-likeness (QED) is 0.847. The average molecular weight is 332 g/mol. The zero-order valence-corrected chi connectivity index (χ0v) is 13.4. The molecule has 0 bridgehead atoms. The molecule has 1 aromatic carbocycles. The molecule has 0 aliphatic carbocycles. The molecule has 2 heterocycles. The third-order valence-electron chi connectivity index (χ3n) is 4.16. The fourth-order valence-electron chi connectivity index (χ4n) is 2.78. The van der Waals surface area contributed by atoms with Gasteiger partial charge in [-0.1, -0.05) is 31.1 Å². The van der Waals surface area contributed by atoms with Crippen molar-refractivity contribution < 1.29 is 18.5 Å². The van der Waals surface area contributed by atoms with Crippen LogP contribution >= 0.6 is 0 Å². The minimum atomic E-state index is -1.21. The third kappa shape index (κ3) is 2.53. The minimum Gasteiger partial charge on any atom is -0.337 e. The molecule has 1 atom stereocenters. The summed E-state index contributed by atoms with van der Waals surface area (Å²) in [6, 6.07) is 4.99. The minimum absolute atomic E-state index is 0.0966. The van der Waals surface area contributed by atoms with Crippen molar-refractivity contribution in [3.05, 3.63) is 47.4 Å². The number of amides is 3. The van der Waals surface area contributed by atoms with Gasteiger partial charge in [-0.25, -0.2) is 9.18 Å². The lowest BCUT2D eigenvalue weighted by Crippen LogP contribution is -2.43. The van der Waals surface area contributed by atoms with Crippen LogP contribution in [0.5, 0.6) is 0 Å². The molecule has 1 unspecified atom stereocenters. The zero-order chi connectivity index (χ0) is 17.3. The summed E-state index contributed by atoms with van der Waals surface area (Å²) in [4.78, 5) is 30.4. The Kier molecular flexibility index (Phi) is 4.04. The number of nitrogens with one attached hydrogen (secondary N) is 1. The number of carbonyl (C=O) groups excluding carboxylic acids is 2. The Bertz CT molecular complexity index is 774. The summed E-state index contributed by atoms with van der Waals surface area (Å²) in [5, 5.41) is 6.47. The highest BCUT2D eigenvalue weighted by molar-refractivity contribution is 6.07. The standard InChI is InChI=1S/C16H17FN4O3/c1-3-12-18-13(24-20-12)9-21-14(22)16(4-2,19-15(21)23)10-5-7-11(17)8-6-10/h5-8H,3-4,9H2,1-2H3,(H,19,23). The molecule has 0 spiro atoms. The molecular weight excluding hydrogens is 315 g/mol. The molecule has 1 aromatic heterocycles. The first-order chi connectivity index (χ1) is 11.5. The number of benzene rings is 1. The summed E-state index contributed by atoms with van der Waals surface area (Å²) in [6.07, 6.45) is 0.932. The summed E-state index contributed by atoms with van der Waals surface area (Å²) < 4.78 is 18.2. The smallest absolute Gasteiger partial charge is 0.325 e. The SMILES string of the molecule is CCc1noc(CN2C(=O)NC(CC)(c3ccc(F)cc3)C2=O)n1. The van der Waals surface area contributed by atoms with Gasteiger partial charge in [0.25, 0.3) is 5.91 Å². The fourth-order valence-corrected chi connectivity index (χ4v) is 2.78. The van der Waals surface area contributed by atoms with Crippen molar-refractivity contribution >= 4 is 11.9 Å². The monoisotopic (exact) mass is 332 g/mol. The van der Waals surface area contributed by atoms with Crippen molar-refractivity contribution in [1.82, 2.24) is 20.4 Å². The number of rotatable bonds is 5. The van der Waals surface area contributed by atoms with Gasteiger partial charge in [0.05, 0.1) is 0 Å². The van der Waals surface area contributed by atoms with E-state index in [-0.39, 0.29) is 12.4 Å². The lowest BCUT2D eigenvalue weighted by atomic mass is 9.87. The topological polar surface area (TPSA) is 88.3 Å². The van der Waals surface area contributed by atoms with E-state index in [0.29, 0.717) is 24.2 Å². The lowest BCUT2D eigenvalue weighted by molar-refractivity contribution is -0.132. The van der Waals surface area contributed by atoms with Gasteiger partial charge in [-0.05, 0) is 24.1 Å². The van der Waals surface area contributed by atoms with Crippen LogP contribution in [0.1, 0.15) is 37.5 Å². The Balaban J connectivity index is 1.90. The van der Waals surface area contributed by atoms with Crippen molar-refractivity contribution in [2.24, 2.45) is 0 Å². The molecule has 1 aliphatic rings. The second kappa shape index (κ2) is 6.03. The number of carbonyl (C=O) groups is 2. The van der Waals surface area contributed by atoms with E-state index in [2.05, 4.69) is 15.5 Å². The van der Waals surface area contributed by atoms with E-state index in [1.165, 1.54) is 24.3 Å². The molecule has 7 nitrogen and oxygen atoms in total. The number of aromatic nitrogens is 2. The summed E-state index contributed by atoms with van der Waals surface area (Å²) >= 11 is 0. The fraction of sp³-hybridized carbons (Fsp3) is 0.375. The summed E-state index contributed by atoms with van der Waals surface area (Å²) in [6.45, 7) is 3.56. The van der Waals surface area contributed by atoms with E-state index in [4.69, 9.17) is 4.52 Å². The highest BCUT2D eigenvalue weighted by atomic mass is 19.1. The van der Waals surface area contributed by atoms with Crippen LogP contribution in [0.25, 0.3) is 0 Å². The van der Waals surface area contributed by atoms with Gasteiger partial charge in [0.1, 0.15) is 17.9 Å². The number of halogens is 1. The van der Waals surface area contributed by atoms with E-state index in [1.54, 1.807) is 6.92 Å². The molecule has 3 amide bonds. The van der Waals surface area contributed by atoms with Crippen molar-refractivity contribution in [1.29, 1.82) is 0 Å². The van der Waals surface area contributed by atoms with Crippen LogP contribution in [0.2, 0.25) is 0 Å². The summed E-state index contributed by atoms with van der Waals surface area (Å²) in [7, 11) is 0. The maximum Gasteiger partial charge on any atom is 0.325 e. The molecule has 1 aliphatic heterocycles. The molecule has 1 fully saturated rings. The van der Waals surface area contributed by atoms with Gasteiger partial charge in [-0.3, -0.25) is 9.69 Å². The number of hydrogen-bond acceptors (Lipinski definition) is 5. The van der Waals surface area contributed by atoms with E-state index in [9.17, 15) is 14.0 Å². The maximum atomic E-state index is 13.2. The van der Waals surface area contributed by atoms with Crippen LogP contribution < -0.4 is 5.32 Å². The Morgan fingerprint density at radius 1 is 1.25 bits per heavy atom. The van der Waals surface area contributed by atoms with Crippen LogP contribution in [0.4, 0.5) is 9.18 Å². The average Bonchev–Trinajstić information content (AvgIpc) is 3.14. The molecule has 1 N–H and O–H groups in total. The van der Waals surface area contributed by atoms with Crippen LogP contribution in [-0.2, 0) is 23.3 Å². The largest absolute Gasteiger partial charge is 0.337 e. The number of aryl methyl sites for hydroxylation is 1. The predicted octanol–water partition coefficient (Wildman–Crippen LogP) is 2.13. The highest BCUT2D eigenvalue weighted by Gasteiger charge is 2.51. The lowest BCUT2D eigenvalue weighted by Gasteiger charge is -2.25. The summed E-state index contributed by atoms with van der Waals surface area (Å²) in [5.41, 5.74) is -0.676. The molecule has 24 heavy (non-hydrogen) atoms. The Hall–Kier alpha value is -2.77. The van der Waals surface area contributed by atoms with Crippen molar-refractivity contribution in [2.45, 2.75) is 38.8 Å². The Morgan fingerprint density at radius 3 is 2.54 bits per heavy atom. The first-order valence-electron chi connectivity index (χ1n) is 7.71. The maximum absolute atomic E-state index is 13.2. The first-order valence-corrected chi connectivity index (χ1v) is 7.71. The molecule has 8 heteroatoms. The van der Waals surface area contributed by atoms with E-state index in [0.717, 1.165) is 4.90 Å². The van der Waals surface area contributed by atoms with Gasteiger partial charge in [-0.15, -0.1) is 0 Å². The second-order valence-electron chi connectivity index (χ2n) is 5.55. The molecular formula is C16H17FN4O3. The Morgan fingerprint density at radius 2 is 1.96 bits per heavy atom. The molecule has 2 aromatic rings. The number of hydrogen-bond donors (Lipinski definition) is 1. The van der Waals surface area contributed by atoms with Crippen LogP contribution in [0.15, 0.2) is 28.8 Å². The molecule has 1 saturated heterocycles. The van der Waals surface area contributed by atoms with Crippen molar-refractivity contribution in [2.75, 3.05) is 0 Å². The van der Waals surface area contributed by atoms with Gasteiger partial charge in [0.2, 0.25) is 5.89 Å². The van der Waals surface area contributed by atoms with Crippen molar-refractivity contribution in [3.8, 4) is 0 Å². The highest BCUT2D eigenvalue weighted by Crippen LogP contribution is 2.33. The zero-order valence-electron chi connectivity index (χ0n) is 13.4. The van der Waals surface area contributed by atoms with Crippen LogP contribution in [0.3, 0.4) is 0 Å².